The lowest BCUT2D eigenvalue weighted by atomic mass is 9.83. The number of ether oxygens (including phenoxy) is 1. The summed E-state index contributed by atoms with van der Waals surface area (Å²) in [7, 11) is 0. The van der Waals surface area contributed by atoms with Crippen molar-refractivity contribution in [3.05, 3.63) is 35.9 Å². The van der Waals surface area contributed by atoms with Crippen molar-refractivity contribution in [2.45, 2.75) is 44.6 Å². The van der Waals surface area contributed by atoms with Gasteiger partial charge in [0.25, 0.3) is 0 Å². The minimum Gasteiger partial charge on any atom is -0.478 e. The van der Waals surface area contributed by atoms with Gasteiger partial charge in [-0.05, 0) is 44.7 Å². The molecule has 0 unspecified atom stereocenters. The number of aliphatic imine (C=N–C) groups is 1. The van der Waals surface area contributed by atoms with Crippen LogP contribution in [-0.4, -0.2) is 18.0 Å². The Morgan fingerprint density at radius 3 is 2.53 bits per heavy atom. The molecule has 2 rings (SSSR count). The predicted octanol–water partition coefficient (Wildman–Crippen LogP) is 3.70. The Hall–Kier alpha value is -1.82. The first-order valence-corrected chi connectivity index (χ1v) is 6.99. The van der Waals surface area contributed by atoms with E-state index in [1.807, 2.05) is 37.3 Å². The van der Waals surface area contributed by atoms with Crippen molar-refractivity contribution < 1.29 is 4.74 Å². The van der Waals surface area contributed by atoms with E-state index in [1.54, 1.807) is 0 Å². The van der Waals surface area contributed by atoms with E-state index in [4.69, 9.17) is 4.74 Å². The van der Waals surface area contributed by atoms with Gasteiger partial charge < -0.3 is 4.74 Å². The van der Waals surface area contributed by atoms with Crippen LogP contribution in [0.25, 0.3) is 0 Å². The van der Waals surface area contributed by atoms with Crippen LogP contribution in [0.4, 0.5) is 0 Å². The quantitative estimate of drug-likeness (QED) is 0.611. The van der Waals surface area contributed by atoms with Crippen molar-refractivity contribution in [2.24, 2.45) is 4.99 Å². The molecule has 1 fully saturated rings. The van der Waals surface area contributed by atoms with E-state index < -0.39 is 5.54 Å². The molecule has 1 aromatic carbocycles. The summed E-state index contributed by atoms with van der Waals surface area (Å²) in [5, 5.41) is 9.49. The summed E-state index contributed by atoms with van der Waals surface area (Å²) >= 11 is 0. The van der Waals surface area contributed by atoms with E-state index in [9.17, 15) is 5.26 Å². The average molecular weight is 256 g/mol. The third-order valence-corrected chi connectivity index (χ3v) is 3.51. The molecule has 1 saturated carbocycles. The van der Waals surface area contributed by atoms with E-state index in [2.05, 4.69) is 11.1 Å². The Morgan fingerprint density at radius 2 is 1.95 bits per heavy atom. The molecule has 1 aliphatic carbocycles. The molecule has 0 N–H and O–H groups in total. The fraction of sp³-hybridized carbons (Fsp3) is 0.500. The zero-order chi connectivity index (χ0) is 13.6. The van der Waals surface area contributed by atoms with Gasteiger partial charge in [0.15, 0.2) is 5.54 Å². The Kier molecular flexibility index (Phi) is 4.57. The predicted molar refractivity (Wildman–Crippen MR) is 76.0 cm³/mol. The summed E-state index contributed by atoms with van der Waals surface area (Å²) < 4.78 is 5.66. The molecule has 0 atom stereocenters. The lowest BCUT2D eigenvalue weighted by molar-refractivity contribution is 0.308. The molecule has 1 aromatic rings. The smallest absolute Gasteiger partial charge is 0.217 e. The molecular formula is C16H20N2O. The highest BCUT2D eigenvalue weighted by atomic mass is 16.5. The second-order valence-corrected chi connectivity index (χ2v) is 4.92. The van der Waals surface area contributed by atoms with Crippen LogP contribution < -0.4 is 0 Å². The third-order valence-electron chi connectivity index (χ3n) is 3.51. The van der Waals surface area contributed by atoms with Gasteiger partial charge in [0.2, 0.25) is 5.90 Å². The highest BCUT2D eigenvalue weighted by Gasteiger charge is 2.32. The van der Waals surface area contributed by atoms with Gasteiger partial charge in [-0.25, -0.2) is 4.99 Å². The lowest BCUT2D eigenvalue weighted by Gasteiger charge is -2.27. The van der Waals surface area contributed by atoms with Crippen molar-refractivity contribution in [1.29, 1.82) is 5.26 Å². The molecule has 0 aliphatic heterocycles. The molecule has 0 spiro atoms. The second-order valence-electron chi connectivity index (χ2n) is 4.92. The normalized spacial score (nSPS) is 18.6. The van der Waals surface area contributed by atoms with E-state index in [0.717, 1.165) is 31.2 Å². The maximum Gasteiger partial charge on any atom is 0.217 e. The summed E-state index contributed by atoms with van der Waals surface area (Å²) in [4.78, 5) is 4.68. The van der Waals surface area contributed by atoms with Crippen molar-refractivity contribution in [2.75, 3.05) is 6.61 Å². The number of hydrogen-bond acceptors (Lipinski definition) is 3. The highest BCUT2D eigenvalue weighted by molar-refractivity contribution is 5.94. The monoisotopic (exact) mass is 256 g/mol. The summed E-state index contributed by atoms with van der Waals surface area (Å²) in [6.07, 6.45) is 5.03. The van der Waals surface area contributed by atoms with Crippen LogP contribution in [-0.2, 0) is 4.74 Å². The summed E-state index contributed by atoms with van der Waals surface area (Å²) in [6, 6.07) is 12.2. The molecule has 100 valence electrons. The Morgan fingerprint density at radius 1 is 1.26 bits per heavy atom. The van der Waals surface area contributed by atoms with Gasteiger partial charge in [-0.1, -0.05) is 24.6 Å². The zero-order valence-electron chi connectivity index (χ0n) is 11.4. The maximum atomic E-state index is 9.49. The molecule has 3 heteroatoms. The Bertz CT molecular complexity index is 467. The Balaban J connectivity index is 2.32. The molecule has 0 saturated heterocycles. The summed E-state index contributed by atoms with van der Waals surface area (Å²) in [5.74, 6) is 0.603. The van der Waals surface area contributed by atoms with Crippen LogP contribution >= 0.6 is 0 Å². The van der Waals surface area contributed by atoms with Gasteiger partial charge in [-0.2, -0.15) is 5.26 Å². The van der Waals surface area contributed by atoms with E-state index >= 15 is 0 Å². The summed E-state index contributed by atoms with van der Waals surface area (Å²) in [6.45, 7) is 2.51. The molecule has 3 nitrogen and oxygen atoms in total. The molecular weight excluding hydrogens is 236 g/mol. The first-order valence-electron chi connectivity index (χ1n) is 6.99. The minimum absolute atomic E-state index is 0.565. The molecule has 0 heterocycles. The highest BCUT2D eigenvalue weighted by Crippen LogP contribution is 2.31. The molecule has 1 aliphatic rings. The average Bonchev–Trinajstić information content (AvgIpc) is 2.49. The molecule has 19 heavy (non-hydrogen) atoms. The van der Waals surface area contributed by atoms with Crippen molar-refractivity contribution in [3.8, 4) is 6.07 Å². The van der Waals surface area contributed by atoms with Gasteiger partial charge >= 0.3 is 0 Å². The standard InChI is InChI=1S/C16H20N2O/c1-2-19-15(14-9-5-3-6-10-14)18-16(13-17)11-7-4-8-12-16/h3,5-6,9-10H,2,4,7-8,11-12H2,1H3. The van der Waals surface area contributed by atoms with Gasteiger partial charge in [-0.3, -0.25) is 0 Å². The van der Waals surface area contributed by atoms with Crippen LogP contribution in [0.15, 0.2) is 35.3 Å². The number of nitrogens with zero attached hydrogens (tertiary/aromatic N) is 2. The van der Waals surface area contributed by atoms with Crippen LogP contribution in [0.3, 0.4) is 0 Å². The summed E-state index contributed by atoms with van der Waals surface area (Å²) in [5.41, 5.74) is 0.364. The van der Waals surface area contributed by atoms with E-state index in [-0.39, 0.29) is 0 Å². The van der Waals surface area contributed by atoms with Crippen molar-refractivity contribution >= 4 is 5.90 Å². The van der Waals surface area contributed by atoms with Gasteiger partial charge in [0.1, 0.15) is 0 Å². The van der Waals surface area contributed by atoms with Crippen LogP contribution in [0, 0.1) is 11.3 Å². The largest absolute Gasteiger partial charge is 0.478 e. The van der Waals surface area contributed by atoms with Gasteiger partial charge in [0.05, 0.1) is 12.7 Å². The van der Waals surface area contributed by atoms with Crippen LogP contribution in [0.1, 0.15) is 44.6 Å². The fourth-order valence-electron chi connectivity index (χ4n) is 2.48. The maximum absolute atomic E-state index is 9.49. The van der Waals surface area contributed by atoms with Gasteiger partial charge in [0, 0.05) is 5.56 Å². The molecule has 0 aromatic heterocycles. The molecule has 0 bridgehead atoms. The van der Waals surface area contributed by atoms with E-state index in [0.29, 0.717) is 12.5 Å². The minimum atomic E-state index is -0.585. The topological polar surface area (TPSA) is 45.4 Å². The van der Waals surface area contributed by atoms with Crippen LogP contribution in [0.5, 0.6) is 0 Å². The first kappa shape index (κ1) is 13.6. The third kappa shape index (κ3) is 3.35. The first-order chi connectivity index (χ1) is 9.29. The number of hydrogen-bond donors (Lipinski definition) is 0. The fourth-order valence-corrected chi connectivity index (χ4v) is 2.48. The second kappa shape index (κ2) is 6.38. The zero-order valence-corrected chi connectivity index (χ0v) is 11.4. The van der Waals surface area contributed by atoms with Gasteiger partial charge in [-0.15, -0.1) is 0 Å². The number of nitriles is 1. The van der Waals surface area contributed by atoms with E-state index in [1.165, 1.54) is 6.42 Å². The van der Waals surface area contributed by atoms with Crippen LogP contribution in [0.2, 0.25) is 0 Å². The SMILES string of the molecule is CCOC(=NC1(C#N)CCCCC1)c1ccccc1. The number of benzene rings is 1. The molecule has 0 radical (unpaired) electrons. The lowest BCUT2D eigenvalue weighted by Crippen LogP contribution is -2.29. The van der Waals surface area contributed by atoms with Crippen molar-refractivity contribution in [1.82, 2.24) is 0 Å². The Labute approximate surface area is 114 Å². The number of rotatable bonds is 3. The van der Waals surface area contributed by atoms with Crippen molar-refractivity contribution in [3.63, 3.8) is 0 Å². The molecule has 0 amide bonds.